The minimum absolute atomic E-state index is 0.0658. The second-order valence-electron chi connectivity index (χ2n) is 4.81. The first kappa shape index (κ1) is 12.7. The van der Waals surface area contributed by atoms with Gasteiger partial charge in [0.25, 0.3) is 0 Å². The van der Waals surface area contributed by atoms with Gasteiger partial charge >= 0.3 is 0 Å². The van der Waals surface area contributed by atoms with E-state index in [1.54, 1.807) is 0 Å². The highest BCUT2D eigenvalue weighted by molar-refractivity contribution is 5.79. The molecule has 3 heteroatoms. The first-order valence-corrected chi connectivity index (χ1v) is 6.45. The Morgan fingerprint density at radius 1 is 1.50 bits per heavy atom. The van der Waals surface area contributed by atoms with Crippen LogP contribution in [0.1, 0.15) is 30.9 Å². The normalized spacial score (nSPS) is 19.6. The molecule has 3 nitrogen and oxygen atoms in total. The number of rotatable bonds is 3. The molecule has 1 aliphatic rings. The highest BCUT2D eigenvalue weighted by Gasteiger charge is 2.21. The highest BCUT2D eigenvalue weighted by atomic mass is 16.1. The van der Waals surface area contributed by atoms with Crippen LogP contribution in [0, 0.1) is 6.92 Å². The van der Waals surface area contributed by atoms with Crippen LogP contribution in [0.15, 0.2) is 30.5 Å². The molecule has 0 aromatic heterocycles. The molecule has 18 heavy (non-hydrogen) atoms. The molecule has 1 aromatic rings. The van der Waals surface area contributed by atoms with Gasteiger partial charge in [0, 0.05) is 17.8 Å². The van der Waals surface area contributed by atoms with Crippen LogP contribution in [0.5, 0.6) is 0 Å². The fraction of sp³-hybridized carbons (Fsp3) is 0.400. The van der Waals surface area contributed by atoms with Gasteiger partial charge in [-0.3, -0.25) is 4.79 Å². The molecule has 1 aliphatic heterocycles. The van der Waals surface area contributed by atoms with Crippen molar-refractivity contribution in [2.45, 2.75) is 39.2 Å². The smallest absolute Gasteiger partial charge is 0.224 e. The third kappa shape index (κ3) is 2.73. The zero-order valence-corrected chi connectivity index (χ0v) is 11.0. The number of aryl methyl sites for hydroxylation is 2. The molecule has 0 bridgehead atoms. The lowest BCUT2D eigenvalue weighted by Crippen LogP contribution is -2.39. The Morgan fingerprint density at radius 2 is 2.28 bits per heavy atom. The molecule has 1 heterocycles. The van der Waals surface area contributed by atoms with E-state index < -0.39 is 0 Å². The maximum atomic E-state index is 11.2. The molecule has 96 valence electrons. The number of carbonyl (C=O) groups excluding carboxylic acids is 1. The zero-order valence-electron chi connectivity index (χ0n) is 11.0. The summed E-state index contributed by atoms with van der Waals surface area (Å²) in [6.45, 7) is 8.17. The number of nitrogens with one attached hydrogen (secondary N) is 2. The van der Waals surface area contributed by atoms with Crippen LogP contribution in [0.3, 0.4) is 0 Å². The molecule has 1 amide bonds. The van der Waals surface area contributed by atoms with E-state index in [1.807, 2.05) is 0 Å². The monoisotopic (exact) mass is 244 g/mol. The summed E-state index contributed by atoms with van der Waals surface area (Å²) in [4.78, 5) is 11.2. The molecule has 0 aliphatic carbocycles. The van der Waals surface area contributed by atoms with Crippen molar-refractivity contribution in [3.05, 3.63) is 41.6 Å². The molecule has 2 N–H and O–H groups in total. The summed E-state index contributed by atoms with van der Waals surface area (Å²) in [7, 11) is 0. The van der Waals surface area contributed by atoms with Crippen molar-refractivity contribution in [1.82, 2.24) is 5.32 Å². The van der Waals surface area contributed by atoms with E-state index in [1.165, 1.54) is 11.1 Å². The minimum Gasteiger partial charge on any atom is -0.377 e. The van der Waals surface area contributed by atoms with Gasteiger partial charge in [0.15, 0.2) is 0 Å². The number of hydrogen-bond donors (Lipinski definition) is 2. The highest BCUT2D eigenvalue weighted by Crippen LogP contribution is 2.22. The lowest BCUT2D eigenvalue weighted by molar-refractivity contribution is -0.121. The third-order valence-corrected chi connectivity index (χ3v) is 3.41. The summed E-state index contributed by atoms with van der Waals surface area (Å²) in [6.07, 6.45) is 2.41. The van der Waals surface area contributed by atoms with Crippen molar-refractivity contribution >= 4 is 11.6 Å². The standard InChI is InChI=1S/C15H20N2O/c1-4-12-5-6-13(10(2)9-12)17-14-7-8-15(18)16-11(14)3/h5-6,9,14,17H,3-4,7-8H2,1-2H3,(H,16,18). The van der Waals surface area contributed by atoms with Crippen LogP contribution >= 0.6 is 0 Å². The van der Waals surface area contributed by atoms with Crippen LogP contribution in [-0.4, -0.2) is 11.9 Å². The number of benzene rings is 1. The van der Waals surface area contributed by atoms with Crippen molar-refractivity contribution in [2.75, 3.05) is 5.32 Å². The fourth-order valence-corrected chi connectivity index (χ4v) is 2.23. The maximum Gasteiger partial charge on any atom is 0.224 e. The predicted octanol–water partition coefficient (Wildman–Crippen LogP) is 2.76. The van der Waals surface area contributed by atoms with Gasteiger partial charge in [-0.05, 0) is 37.0 Å². The largest absolute Gasteiger partial charge is 0.377 e. The Kier molecular flexibility index (Phi) is 3.70. The third-order valence-electron chi connectivity index (χ3n) is 3.41. The Hall–Kier alpha value is -1.77. The van der Waals surface area contributed by atoms with Gasteiger partial charge in [-0.25, -0.2) is 0 Å². The van der Waals surface area contributed by atoms with Crippen molar-refractivity contribution < 1.29 is 4.79 Å². The number of hydrogen-bond acceptors (Lipinski definition) is 2. The summed E-state index contributed by atoms with van der Waals surface area (Å²) in [5, 5.41) is 6.25. The molecular weight excluding hydrogens is 224 g/mol. The maximum absolute atomic E-state index is 11.2. The minimum atomic E-state index is 0.0658. The van der Waals surface area contributed by atoms with Gasteiger partial charge in [-0.1, -0.05) is 25.6 Å². The van der Waals surface area contributed by atoms with E-state index in [9.17, 15) is 4.79 Å². The topological polar surface area (TPSA) is 41.1 Å². The number of carbonyl (C=O) groups is 1. The van der Waals surface area contributed by atoms with E-state index in [0.717, 1.165) is 24.2 Å². The Balaban J connectivity index is 2.09. The molecule has 1 aromatic carbocycles. The second kappa shape index (κ2) is 5.25. The average molecular weight is 244 g/mol. The van der Waals surface area contributed by atoms with Crippen LogP contribution in [0.2, 0.25) is 0 Å². The predicted molar refractivity (Wildman–Crippen MR) is 74.5 cm³/mol. The zero-order chi connectivity index (χ0) is 13.1. The summed E-state index contributed by atoms with van der Waals surface area (Å²) >= 11 is 0. The second-order valence-corrected chi connectivity index (χ2v) is 4.81. The SMILES string of the molecule is C=C1NC(=O)CCC1Nc1ccc(CC)cc1C. The summed E-state index contributed by atoms with van der Waals surface area (Å²) < 4.78 is 0. The Labute approximate surface area is 108 Å². The first-order chi connectivity index (χ1) is 8.60. The van der Waals surface area contributed by atoms with Gasteiger partial charge < -0.3 is 10.6 Å². The van der Waals surface area contributed by atoms with E-state index >= 15 is 0 Å². The molecular formula is C15H20N2O. The molecule has 1 fully saturated rings. The number of piperidine rings is 1. The summed E-state index contributed by atoms with van der Waals surface area (Å²) in [5.74, 6) is 0.0658. The lowest BCUT2D eigenvalue weighted by Gasteiger charge is -2.27. The molecule has 0 radical (unpaired) electrons. The van der Waals surface area contributed by atoms with E-state index in [2.05, 4.69) is 49.3 Å². The number of amides is 1. The lowest BCUT2D eigenvalue weighted by atomic mass is 10.0. The van der Waals surface area contributed by atoms with Gasteiger partial charge in [0.1, 0.15) is 0 Å². The van der Waals surface area contributed by atoms with Gasteiger partial charge in [-0.15, -0.1) is 0 Å². The van der Waals surface area contributed by atoms with Crippen LogP contribution in [-0.2, 0) is 11.2 Å². The van der Waals surface area contributed by atoms with Crippen molar-refractivity contribution in [3.8, 4) is 0 Å². The molecule has 2 rings (SSSR count). The fourth-order valence-electron chi connectivity index (χ4n) is 2.23. The van der Waals surface area contributed by atoms with Crippen LogP contribution in [0.4, 0.5) is 5.69 Å². The average Bonchev–Trinajstić information content (AvgIpc) is 2.34. The van der Waals surface area contributed by atoms with Gasteiger partial charge in [0.05, 0.1) is 6.04 Å². The summed E-state index contributed by atoms with van der Waals surface area (Å²) in [5.41, 5.74) is 4.47. The van der Waals surface area contributed by atoms with Crippen LogP contribution in [0.25, 0.3) is 0 Å². The molecule has 1 saturated heterocycles. The van der Waals surface area contributed by atoms with Gasteiger partial charge in [-0.2, -0.15) is 0 Å². The number of anilines is 1. The van der Waals surface area contributed by atoms with E-state index in [-0.39, 0.29) is 11.9 Å². The van der Waals surface area contributed by atoms with Crippen molar-refractivity contribution in [3.63, 3.8) is 0 Å². The molecule has 1 atom stereocenters. The molecule has 0 spiro atoms. The Bertz CT molecular complexity index is 479. The summed E-state index contributed by atoms with van der Waals surface area (Å²) in [6, 6.07) is 6.58. The first-order valence-electron chi connectivity index (χ1n) is 6.45. The Morgan fingerprint density at radius 3 is 2.89 bits per heavy atom. The van der Waals surface area contributed by atoms with Crippen molar-refractivity contribution in [1.29, 1.82) is 0 Å². The van der Waals surface area contributed by atoms with E-state index in [0.29, 0.717) is 6.42 Å². The van der Waals surface area contributed by atoms with Crippen molar-refractivity contribution in [2.24, 2.45) is 0 Å². The molecule has 0 saturated carbocycles. The van der Waals surface area contributed by atoms with E-state index in [4.69, 9.17) is 0 Å². The van der Waals surface area contributed by atoms with Gasteiger partial charge in [0.2, 0.25) is 5.91 Å². The molecule has 1 unspecified atom stereocenters. The van der Waals surface area contributed by atoms with Crippen LogP contribution < -0.4 is 10.6 Å². The quantitative estimate of drug-likeness (QED) is 0.858.